The minimum absolute atomic E-state index is 0.630. The molecule has 0 saturated carbocycles. The summed E-state index contributed by atoms with van der Waals surface area (Å²) < 4.78 is 2.41. The van der Waals surface area contributed by atoms with E-state index in [0.717, 1.165) is 19.6 Å². The molecule has 0 amide bonds. The summed E-state index contributed by atoms with van der Waals surface area (Å²) in [5, 5.41) is 3.45. The molecule has 2 aliphatic heterocycles. The molecule has 0 radical (unpaired) electrons. The highest BCUT2D eigenvalue weighted by Gasteiger charge is 2.21. The Hall–Kier alpha value is -0.870. The lowest BCUT2D eigenvalue weighted by molar-refractivity contribution is 0.158. The van der Waals surface area contributed by atoms with E-state index < -0.39 is 0 Å². The zero-order valence-corrected chi connectivity index (χ0v) is 12.7. The van der Waals surface area contributed by atoms with E-state index in [9.17, 15) is 0 Å². The molecule has 0 spiro atoms. The highest BCUT2D eigenvalue weighted by atomic mass is 15.2. The van der Waals surface area contributed by atoms with Gasteiger partial charge in [-0.2, -0.15) is 0 Å². The van der Waals surface area contributed by atoms with Crippen LogP contribution in [-0.2, 0) is 6.54 Å². The van der Waals surface area contributed by atoms with Gasteiger partial charge in [-0.05, 0) is 58.8 Å². The molecule has 2 saturated heterocycles. The van der Waals surface area contributed by atoms with Crippen LogP contribution in [0.15, 0.2) is 12.5 Å². The average Bonchev–Trinajstić information content (AvgIpc) is 2.97. The normalized spacial score (nSPS) is 23.9. The molecule has 112 valence electrons. The Bertz CT molecular complexity index is 402. The monoisotopic (exact) mass is 276 g/mol. The fraction of sp³-hybridized carbons (Fsp3) is 0.812. The van der Waals surface area contributed by atoms with E-state index >= 15 is 0 Å². The van der Waals surface area contributed by atoms with Crippen LogP contribution >= 0.6 is 0 Å². The zero-order valence-electron chi connectivity index (χ0n) is 12.7. The Balaban J connectivity index is 1.63. The first-order valence-electron chi connectivity index (χ1n) is 8.29. The number of aromatic nitrogens is 2. The Kier molecular flexibility index (Phi) is 4.73. The molecule has 4 heteroatoms. The third-order valence-corrected chi connectivity index (χ3v) is 4.98. The second-order valence-corrected chi connectivity index (χ2v) is 6.44. The van der Waals surface area contributed by atoms with Crippen molar-refractivity contribution in [2.45, 2.75) is 57.5 Å². The minimum Gasteiger partial charge on any atom is -0.333 e. The molecule has 20 heavy (non-hydrogen) atoms. The van der Waals surface area contributed by atoms with E-state index in [1.54, 1.807) is 0 Å². The molecule has 3 heterocycles. The molecule has 1 aromatic heterocycles. The van der Waals surface area contributed by atoms with E-state index in [1.807, 2.05) is 6.33 Å². The van der Waals surface area contributed by atoms with Crippen LogP contribution in [0.1, 0.15) is 50.6 Å². The Morgan fingerprint density at radius 1 is 1.25 bits per heavy atom. The maximum atomic E-state index is 4.42. The van der Waals surface area contributed by atoms with Gasteiger partial charge in [0.2, 0.25) is 0 Å². The van der Waals surface area contributed by atoms with Gasteiger partial charge in [-0.1, -0.05) is 6.42 Å². The van der Waals surface area contributed by atoms with Gasteiger partial charge in [0.25, 0.3) is 0 Å². The van der Waals surface area contributed by atoms with Crippen molar-refractivity contribution in [3.8, 4) is 0 Å². The van der Waals surface area contributed by atoms with E-state index in [1.165, 1.54) is 50.9 Å². The fourth-order valence-electron chi connectivity index (χ4n) is 3.70. The van der Waals surface area contributed by atoms with Crippen molar-refractivity contribution >= 4 is 0 Å². The first kappa shape index (κ1) is 14.1. The van der Waals surface area contributed by atoms with Crippen LogP contribution in [0.3, 0.4) is 0 Å². The smallest absolute Gasteiger partial charge is 0.0948 e. The second kappa shape index (κ2) is 6.72. The van der Waals surface area contributed by atoms with Crippen LogP contribution in [0.25, 0.3) is 0 Å². The van der Waals surface area contributed by atoms with Gasteiger partial charge in [0, 0.05) is 30.4 Å². The average molecular weight is 276 g/mol. The molecule has 0 bridgehead atoms. The number of likely N-dealkylation sites (tertiary alicyclic amines) is 1. The molecule has 0 aromatic carbocycles. The summed E-state index contributed by atoms with van der Waals surface area (Å²) in [6, 6.07) is 0.630. The van der Waals surface area contributed by atoms with E-state index in [0.29, 0.717) is 12.0 Å². The first-order chi connectivity index (χ1) is 9.84. The molecule has 1 atom stereocenters. The van der Waals surface area contributed by atoms with Gasteiger partial charge in [-0.3, -0.25) is 4.90 Å². The molecule has 1 unspecified atom stereocenters. The van der Waals surface area contributed by atoms with E-state index in [2.05, 4.69) is 32.9 Å². The first-order valence-corrected chi connectivity index (χ1v) is 8.29. The van der Waals surface area contributed by atoms with Crippen molar-refractivity contribution in [2.75, 3.05) is 26.2 Å². The van der Waals surface area contributed by atoms with Gasteiger partial charge < -0.3 is 9.88 Å². The maximum Gasteiger partial charge on any atom is 0.0948 e. The van der Waals surface area contributed by atoms with E-state index in [4.69, 9.17) is 0 Å². The lowest BCUT2D eigenvalue weighted by Crippen LogP contribution is -2.40. The molecule has 1 aromatic rings. The van der Waals surface area contributed by atoms with Crippen LogP contribution in [0, 0.1) is 0 Å². The van der Waals surface area contributed by atoms with Gasteiger partial charge in [0.1, 0.15) is 0 Å². The summed E-state index contributed by atoms with van der Waals surface area (Å²) in [7, 11) is 0. The SMILES string of the molecule is CC(Cn1cncc1C1CCNCC1)N1CCCCC1. The lowest BCUT2D eigenvalue weighted by atomic mass is 9.95. The van der Waals surface area contributed by atoms with Gasteiger partial charge in [0.15, 0.2) is 0 Å². The second-order valence-electron chi connectivity index (χ2n) is 6.44. The van der Waals surface area contributed by atoms with Crippen molar-refractivity contribution < 1.29 is 0 Å². The molecule has 2 aliphatic rings. The summed E-state index contributed by atoms with van der Waals surface area (Å²) in [4.78, 5) is 7.07. The standard InChI is InChI=1S/C16H28N4/c1-14(19-9-3-2-4-10-19)12-20-13-18-11-16(20)15-5-7-17-8-6-15/h11,13-15,17H,2-10,12H2,1H3. The van der Waals surface area contributed by atoms with Crippen molar-refractivity contribution in [3.63, 3.8) is 0 Å². The zero-order chi connectivity index (χ0) is 13.8. The van der Waals surface area contributed by atoms with Crippen LogP contribution in [0.2, 0.25) is 0 Å². The Morgan fingerprint density at radius 3 is 2.75 bits per heavy atom. The van der Waals surface area contributed by atoms with Gasteiger partial charge in [-0.15, -0.1) is 0 Å². The molecule has 0 aliphatic carbocycles. The third-order valence-electron chi connectivity index (χ3n) is 4.98. The summed E-state index contributed by atoms with van der Waals surface area (Å²) in [5.41, 5.74) is 1.45. The van der Waals surface area contributed by atoms with Crippen molar-refractivity contribution in [1.82, 2.24) is 19.8 Å². The van der Waals surface area contributed by atoms with Gasteiger partial charge in [0.05, 0.1) is 6.33 Å². The fourth-order valence-corrected chi connectivity index (χ4v) is 3.70. The van der Waals surface area contributed by atoms with Gasteiger partial charge >= 0.3 is 0 Å². The number of hydrogen-bond acceptors (Lipinski definition) is 3. The molecular formula is C16H28N4. The van der Waals surface area contributed by atoms with E-state index in [-0.39, 0.29) is 0 Å². The minimum atomic E-state index is 0.630. The molecular weight excluding hydrogens is 248 g/mol. The molecule has 4 nitrogen and oxygen atoms in total. The number of piperidine rings is 2. The summed E-state index contributed by atoms with van der Waals surface area (Å²) in [6.07, 6.45) is 10.8. The molecule has 1 N–H and O–H groups in total. The van der Waals surface area contributed by atoms with Crippen LogP contribution in [0.4, 0.5) is 0 Å². The summed E-state index contributed by atoms with van der Waals surface area (Å²) >= 11 is 0. The Labute approximate surface area is 122 Å². The molecule has 2 fully saturated rings. The van der Waals surface area contributed by atoms with Crippen molar-refractivity contribution in [3.05, 3.63) is 18.2 Å². The van der Waals surface area contributed by atoms with Crippen LogP contribution in [-0.4, -0.2) is 46.7 Å². The largest absolute Gasteiger partial charge is 0.333 e. The highest BCUT2D eigenvalue weighted by Crippen LogP contribution is 2.25. The third kappa shape index (κ3) is 3.23. The summed E-state index contributed by atoms with van der Waals surface area (Å²) in [5.74, 6) is 0.701. The number of nitrogens with one attached hydrogen (secondary N) is 1. The predicted molar refractivity (Wildman–Crippen MR) is 82.0 cm³/mol. The van der Waals surface area contributed by atoms with Crippen molar-refractivity contribution in [1.29, 1.82) is 0 Å². The topological polar surface area (TPSA) is 33.1 Å². The van der Waals surface area contributed by atoms with Crippen molar-refractivity contribution in [2.24, 2.45) is 0 Å². The number of nitrogens with zero attached hydrogens (tertiary/aromatic N) is 3. The number of imidazole rings is 1. The van der Waals surface area contributed by atoms with Gasteiger partial charge in [-0.25, -0.2) is 4.98 Å². The lowest BCUT2D eigenvalue weighted by Gasteiger charge is -2.33. The van der Waals surface area contributed by atoms with Crippen LogP contribution < -0.4 is 5.32 Å². The highest BCUT2D eigenvalue weighted by molar-refractivity contribution is 5.08. The molecule has 3 rings (SSSR count). The predicted octanol–water partition coefficient (Wildman–Crippen LogP) is 2.22. The Morgan fingerprint density at radius 2 is 2.00 bits per heavy atom. The quantitative estimate of drug-likeness (QED) is 0.915. The summed E-state index contributed by atoms with van der Waals surface area (Å²) in [6.45, 7) is 8.32. The number of hydrogen-bond donors (Lipinski definition) is 1. The maximum absolute atomic E-state index is 4.42. The van der Waals surface area contributed by atoms with Crippen LogP contribution in [0.5, 0.6) is 0 Å². The number of rotatable bonds is 4.